The zero-order valence-corrected chi connectivity index (χ0v) is 77.9. The van der Waals surface area contributed by atoms with Gasteiger partial charge in [0.25, 0.3) is 35.4 Å². The van der Waals surface area contributed by atoms with Crippen molar-refractivity contribution >= 4 is 140 Å². The van der Waals surface area contributed by atoms with Crippen molar-refractivity contribution in [2.75, 3.05) is 113 Å². The summed E-state index contributed by atoms with van der Waals surface area (Å²) in [5, 5.41) is 39.4. The summed E-state index contributed by atoms with van der Waals surface area (Å²) >= 11 is 14.7. The van der Waals surface area contributed by atoms with Gasteiger partial charge in [-0.05, 0) is 139 Å². The van der Waals surface area contributed by atoms with Crippen LogP contribution < -0.4 is 30.7 Å². The Hall–Kier alpha value is -12.4. The van der Waals surface area contributed by atoms with Gasteiger partial charge in [-0.15, -0.1) is 43.1 Å². The lowest BCUT2D eigenvalue weighted by atomic mass is 9.99. The number of fused-ring (bicyclic) bond motifs is 8. The number of aryl methyl sites for hydroxylation is 2. The highest BCUT2D eigenvalue weighted by molar-refractivity contribution is 7.17. The number of esters is 1. The number of nitrogens with zero attached hydrogens (tertiary/aromatic N) is 10. The zero-order chi connectivity index (χ0) is 95.8. The summed E-state index contributed by atoms with van der Waals surface area (Å²) in [6.07, 6.45) is 5.15. The predicted octanol–water partition coefficient (Wildman–Crippen LogP) is 10.7. The number of ether oxygens (including phenoxy) is 9. The molecule has 2 saturated heterocycles. The number of benzene rings is 4. The van der Waals surface area contributed by atoms with E-state index in [0.29, 0.717) is 184 Å². The van der Waals surface area contributed by atoms with E-state index in [2.05, 4.69) is 48.6 Å². The molecule has 0 saturated carbocycles. The Bertz CT molecular complexity index is 5810. The first kappa shape index (κ1) is 106. The number of nitrogens with one attached hydrogen (secondary N) is 4. The van der Waals surface area contributed by atoms with E-state index < -0.39 is 95.9 Å². The summed E-state index contributed by atoms with van der Waals surface area (Å²) in [5.74, 6) is -4.92. The average Bonchev–Trinajstić information content (AvgIpc) is 1.58. The quantitative estimate of drug-likeness (QED) is 0.0134. The summed E-state index contributed by atoms with van der Waals surface area (Å²) in [4.78, 5) is 187. The molecule has 6 aliphatic rings. The van der Waals surface area contributed by atoms with Crippen LogP contribution in [0, 0.1) is 27.7 Å². The Morgan fingerprint density at radius 3 is 1.36 bits per heavy atom. The van der Waals surface area contributed by atoms with E-state index in [9.17, 15) is 72.2 Å². The number of ketones is 2. The number of aliphatic imine (C=N–C) groups is 2. The van der Waals surface area contributed by atoms with E-state index in [-0.39, 0.29) is 116 Å². The number of methoxy groups -OCH3 is 1. The van der Waals surface area contributed by atoms with Crippen LogP contribution in [0.1, 0.15) is 242 Å². The lowest BCUT2D eigenvalue weighted by molar-refractivity contribution is -0.141. The zero-order valence-electron chi connectivity index (χ0n) is 74.8. The van der Waals surface area contributed by atoms with E-state index in [1.165, 1.54) is 55.7 Å². The van der Waals surface area contributed by atoms with Crippen LogP contribution >= 0.6 is 45.9 Å². The number of hydrogen-bond acceptors (Lipinski definition) is 31. The van der Waals surface area contributed by atoms with Gasteiger partial charge >= 0.3 is 11.9 Å². The molecule has 4 aromatic carbocycles. The fourth-order valence-electron chi connectivity index (χ4n) is 15.3. The Morgan fingerprint density at radius 2 is 0.919 bits per heavy atom. The Morgan fingerprint density at radius 1 is 0.500 bits per heavy atom. The third-order valence-electron chi connectivity index (χ3n) is 22.0. The van der Waals surface area contributed by atoms with Crippen LogP contribution in [0.4, 0.5) is 0 Å². The number of aromatic nitrogens is 6. The maximum absolute atomic E-state index is 13.6. The number of thiophene rings is 2. The molecule has 8 aromatic rings. The number of Topliss-reactive ketones (excluding diaryl/α,β-unsaturated/α-hetero) is 2. The van der Waals surface area contributed by atoms with Crippen molar-refractivity contribution in [3.05, 3.63) is 184 Å². The average molecular weight is 1960 g/mol. The van der Waals surface area contributed by atoms with Gasteiger partial charge in [0.2, 0.25) is 23.6 Å². The van der Waals surface area contributed by atoms with Gasteiger partial charge in [0, 0.05) is 97.5 Å². The summed E-state index contributed by atoms with van der Waals surface area (Å²) in [6.45, 7) is 16.5. The molecule has 5 N–H and O–H groups in total. The Labute approximate surface area is 802 Å². The lowest BCUT2D eigenvalue weighted by Gasteiger charge is -2.27. The summed E-state index contributed by atoms with van der Waals surface area (Å²) in [7, 11) is 1.32. The summed E-state index contributed by atoms with van der Waals surface area (Å²) in [5.41, 5.74) is 5.74. The number of carboxylic acid groups (broad SMARTS) is 1. The number of amides is 10. The number of carbonyl (C=O) groups excluding carboxylic acids is 13. The molecule has 10 amide bonds. The Balaban J connectivity index is 0.000000233. The van der Waals surface area contributed by atoms with Gasteiger partial charge in [0.1, 0.15) is 74.6 Å². The van der Waals surface area contributed by atoms with Gasteiger partial charge in [0.15, 0.2) is 24.0 Å². The molecule has 2 unspecified atom stereocenters. The molecule has 10 heterocycles. The number of imide groups is 4. The minimum Gasteiger partial charge on any atom is -0.485 e. The maximum Gasteiger partial charge on any atom is 0.346 e. The molecule has 0 spiro atoms. The second-order valence-corrected chi connectivity index (χ2v) is 34.4. The molecule has 0 bridgehead atoms. The molecule has 4 aromatic heterocycles. The first-order valence-electron chi connectivity index (χ1n) is 43.7. The highest BCUT2D eigenvalue weighted by Gasteiger charge is 2.49. The minimum atomic E-state index is -1.11. The van der Waals surface area contributed by atoms with Gasteiger partial charge in [-0.3, -0.25) is 102 Å². The predicted molar refractivity (Wildman–Crippen MR) is 500 cm³/mol. The molecular formula is C94H110Cl2N14O24S2. The van der Waals surface area contributed by atoms with E-state index in [1.807, 2.05) is 47.2 Å². The van der Waals surface area contributed by atoms with E-state index in [0.717, 1.165) is 67.8 Å². The van der Waals surface area contributed by atoms with Crippen LogP contribution in [0.25, 0.3) is 10.0 Å². The summed E-state index contributed by atoms with van der Waals surface area (Å²) < 4.78 is 53.0. The summed E-state index contributed by atoms with van der Waals surface area (Å²) in [6, 6.07) is 20.0. The standard InChI is InChI=1S/C45H49ClN8O12S.C27H36N2O9.C20H17ClN4O3S.2CH4/c1-25-36-38(27-9-11-28(46)12-10-27)49-30(23-35(57)62-3)40-52-51-26(2)53(40)45(36)67-39(25)42(59)48-16-6-18-64-20-22-65-21-19-63-17-5-15-47-34(56)24-66-32-8-4-7-29-37(32)44(61)54(43(29)60)31-13-14-33(55)50-41(31)58;1-2-3-12-35-14-16-37-17-15-36-13-5-4-7-19(30)18-38-22-9-6-8-20-24(22)27(34)29(26(20)33)21-10-11-23(31)28-25(21)32;1-9(26)8-14-18-24-23-11(3)25(18)19-15(10(2)17(29-19)20(27)28)16(22-14)12-4-6-13(21)7-5-12;;/h4,7-12,30-31H,5-6,13-24H2,1-3H3,(H,47,56)(H,48,59)(H,50,55,58);6,8-9,21H,2-5,7,10-18H2,1H3,(H,28,31,32);4-7,14H,8H2,1-3H3,(H,27,28);2*1H4/t30-,31?;;14-;;/m1.1../s1. The first-order chi connectivity index (χ1) is 64.6. The molecule has 136 heavy (non-hydrogen) atoms. The molecule has 4 atom stereocenters. The molecule has 2 fully saturated rings. The van der Waals surface area contributed by atoms with Crippen molar-refractivity contribution in [3.63, 3.8) is 0 Å². The van der Waals surface area contributed by atoms with E-state index in [1.54, 1.807) is 44.2 Å². The molecule has 0 radical (unpaired) electrons. The second-order valence-electron chi connectivity index (χ2n) is 31.5. The largest absolute Gasteiger partial charge is 0.485 e. The molecule has 14 rings (SSSR count). The number of hydrogen-bond donors (Lipinski definition) is 5. The van der Waals surface area contributed by atoms with Crippen LogP contribution in [0.5, 0.6) is 11.5 Å². The van der Waals surface area contributed by atoms with Gasteiger partial charge in [-0.1, -0.05) is 87.8 Å². The number of piperidine rings is 2. The molecule has 38 nitrogen and oxygen atoms in total. The molecular weight excluding hydrogens is 1840 g/mol. The van der Waals surface area contributed by atoms with Crippen LogP contribution in [0.15, 0.2) is 94.9 Å². The second kappa shape index (κ2) is 50.4. The smallest absolute Gasteiger partial charge is 0.346 e. The van der Waals surface area contributed by atoms with Crippen molar-refractivity contribution in [2.24, 2.45) is 9.98 Å². The normalized spacial score (nSPS) is 16.1. The van der Waals surface area contributed by atoms with Crippen LogP contribution in [0.2, 0.25) is 10.0 Å². The lowest BCUT2D eigenvalue weighted by Crippen LogP contribution is -2.54. The minimum absolute atomic E-state index is 0. The number of rotatable bonds is 44. The van der Waals surface area contributed by atoms with Gasteiger partial charge in [-0.2, -0.15) is 0 Å². The van der Waals surface area contributed by atoms with Crippen molar-refractivity contribution in [1.82, 2.24) is 60.6 Å². The fourth-order valence-corrected chi connectivity index (χ4v) is 18.1. The molecule has 726 valence electrons. The van der Waals surface area contributed by atoms with E-state index in [4.69, 9.17) is 75.8 Å². The van der Waals surface area contributed by atoms with Crippen LogP contribution in [-0.4, -0.2) is 263 Å². The Kier molecular flexibility index (Phi) is 39.2. The van der Waals surface area contributed by atoms with Crippen molar-refractivity contribution in [3.8, 4) is 21.5 Å². The third-order valence-corrected chi connectivity index (χ3v) is 25.0. The van der Waals surface area contributed by atoms with Crippen molar-refractivity contribution in [2.45, 2.75) is 164 Å². The van der Waals surface area contributed by atoms with Crippen LogP contribution in [-0.2, 0) is 71.5 Å². The topological polar surface area (TPSA) is 483 Å². The van der Waals surface area contributed by atoms with Gasteiger partial charge in [-0.25, -0.2) is 4.79 Å². The monoisotopic (exact) mass is 1950 g/mol. The number of aromatic carboxylic acids is 1. The first-order valence-corrected chi connectivity index (χ1v) is 46.0. The number of carboxylic acids is 1. The number of unbranched alkanes of at least 4 members (excludes halogenated alkanes) is 2. The van der Waals surface area contributed by atoms with Crippen LogP contribution in [0.3, 0.4) is 0 Å². The van der Waals surface area contributed by atoms with Gasteiger partial charge in [0.05, 0.1) is 105 Å². The van der Waals surface area contributed by atoms with E-state index >= 15 is 0 Å². The maximum atomic E-state index is 13.6. The fraction of sp³-hybridized carbons (Fsp3) is 0.447. The SMILES string of the molecule is C.C.CC(=O)C[C@H]1N=C(c2ccc(Cl)cc2)c2c(sc(C(=O)O)c2C)-n2c(C)nnc21.CCCCOCCOCCOCCCCC(=O)COc1cccc2c1C(=O)N(C1CCC(=O)NC1=O)C2=O.COC(=O)C[C@H]1N=C(c2ccc(Cl)cc2)c2c(sc(C(=O)NCCCOCCOCCOCCCNC(=O)COc3cccc4c3C(=O)N(C3CCC(=O)NC3=O)C4=O)c2C)-n2c(C)nnc21. The van der Waals surface area contributed by atoms with Crippen molar-refractivity contribution < 1.29 is 115 Å². The molecule has 0 aliphatic carbocycles. The number of halogens is 2. The molecule has 42 heteroatoms. The highest BCUT2D eigenvalue weighted by atomic mass is 35.5. The highest BCUT2D eigenvalue weighted by Crippen LogP contribution is 2.44. The third kappa shape index (κ3) is 26.1. The van der Waals surface area contributed by atoms with Crippen molar-refractivity contribution in [1.29, 1.82) is 0 Å². The van der Waals surface area contributed by atoms with Gasteiger partial charge < -0.3 is 58.4 Å². The number of carbonyl (C=O) groups is 14. The molecule has 6 aliphatic heterocycles.